The highest BCUT2D eigenvalue weighted by Crippen LogP contribution is 2.45. The van der Waals surface area contributed by atoms with E-state index < -0.39 is 0 Å². The van der Waals surface area contributed by atoms with Gasteiger partial charge in [0, 0.05) is 35.9 Å². The molecule has 2 aromatic carbocycles. The van der Waals surface area contributed by atoms with Crippen LogP contribution in [0.4, 0.5) is 11.4 Å². The number of anilines is 2. The number of aryl methyl sites for hydroxylation is 1. The van der Waals surface area contributed by atoms with Crippen LogP contribution < -0.4 is 10.2 Å². The van der Waals surface area contributed by atoms with Crippen molar-refractivity contribution in [3.05, 3.63) is 57.6 Å². The molecule has 1 heterocycles. The molecule has 0 aromatic heterocycles. The van der Waals surface area contributed by atoms with E-state index in [1.165, 1.54) is 39.1 Å². The lowest BCUT2D eigenvalue weighted by atomic mass is 9.78. The van der Waals surface area contributed by atoms with E-state index in [9.17, 15) is 5.11 Å². The second-order valence-electron chi connectivity index (χ2n) is 12.6. The van der Waals surface area contributed by atoms with Crippen molar-refractivity contribution in [2.75, 3.05) is 43.2 Å². The van der Waals surface area contributed by atoms with Gasteiger partial charge in [-0.15, -0.1) is 0 Å². The van der Waals surface area contributed by atoms with E-state index >= 15 is 0 Å². The van der Waals surface area contributed by atoms with Gasteiger partial charge in [0.05, 0.1) is 26.4 Å². The van der Waals surface area contributed by atoms with Gasteiger partial charge in [-0.3, -0.25) is 0 Å². The Morgan fingerprint density at radius 3 is 2.11 bits per heavy atom. The van der Waals surface area contributed by atoms with E-state index in [-0.39, 0.29) is 24.7 Å². The Morgan fingerprint density at radius 1 is 0.947 bits per heavy atom. The van der Waals surface area contributed by atoms with Gasteiger partial charge in [0.15, 0.2) is 0 Å². The van der Waals surface area contributed by atoms with E-state index in [4.69, 9.17) is 9.84 Å². The van der Waals surface area contributed by atoms with Crippen molar-refractivity contribution in [1.82, 2.24) is 0 Å². The van der Waals surface area contributed by atoms with Crippen LogP contribution in [0.2, 0.25) is 0 Å². The molecule has 0 radical (unpaired) electrons. The maximum Gasteiger partial charge on any atom is 0.0698 e. The van der Waals surface area contributed by atoms with Crippen LogP contribution in [0.1, 0.15) is 119 Å². The topological polar surface area (TPSA) is 65.0 Å². The minimum Gasteiger partial charge on any atom is -0.396 e. The molecule has 5 nitrogen and oxygen atoms in total. The van der Waals surface area contributed by atoms with E-state index in [1.807, 2.05) is 0 Å². The largest absolute Gasteiger partial charge is 0.396 e. The zero-order valence-electron chi connectivity index (χ0n) is 25.3. The number of nitrogens with zero attached hydrogens (tertiary/aromatic N) is 1. The Labute approximate surface area is 231 Å². The summed E-state index contributed by atoms with van der Waals surface area (Å²) in [4.78, 5) is 2.42. The SMILES string of the molecule is Cc1cc2c(cc1NCc1c(C(C)C)cc(C(C)C)cc1C(C)C)C(CO)CC(C)(C)N2CCOCCO. The van der Waals surface area contributed by atoms with Crippen LogP contribution in [0.5, 0.6) is 0 Å². The second-order valence-corrected chi connectivity index (χ2v) is 12.6. The Hall–Kier alpha value is -2.08. The standard InChI is InChI=1S/C33H52N2O3/c1-21(2)25-15-27(22(3)4)30(28(16-25)23(5)6)19-34-31-17-29-26(20-37)18-33(8,9)35(10-12-38-13-11-36)32(29)14-24(31)7/h14-17,21-23,26,34,36-37H,10-13,18-20H2,1-9H3. The highest BCUT2D eigenvalue weighted by Gasteiger charge is 2.38. The number of ether oxygens (including phenoxy) is 1. The molecule has 38 heavy (non-hydrogen) atoms. The van der Waals surface area contributed by atoms with Crippen LogP contribution >= 0.6 is 0 Å². The fraction of sp³-hybridized carbons (Fsp3) is 0.636. The van der Waals surface area contributed by atoms with Gasteiger partial charge in [-0.25, -0.2) is 0 Å². The summed E-state index contributed by atoms with van der Waals surface area (Å²) in [6.45, 7) is 23.0. The molecule has 0 saturated carbocycles. The van der Waals surface area contributed by atoms with Crippen molar-refractivity contribution >= 4 is 11.4 Å². The van der Waals surface area contributed by atoms with Crippen LogP contribution in [0.25, 0.3) is 0 Å². The monoisotopic (exact) mass is 524 g/mol. The maximum absolute atomic E-state index is 10.3. The van der Waals surface area contributed by atoms with Gasteiger partial charge in [0.25, 0.3) is 0 Å². The molecule has 0 fully saturated rings. The average Bonchev–Trinajstić information content (AvgIpc) is 2.85. The molecule has 5 heteroatoms. The molecular formula is C33H52N2O3. The number of aliphatic hydroxyl groups is 2. The van der Waals surface area contributed by atoms with Crippen LogP contribution in [0, 0.1) is 6.92 Å². The Bertz CT molecular complexity index is 1050. The second kappa shape index (κ2) is 12.8. The first kappa shape index (κ1) is 30.5. The molecule has 1 atom stereocenters. The molecule has 212 valence electrons. The van der Waals surface area contributed by atoms with E-state index in [0.717, 1.165) is 25.2 Å². The van der Waals surface area contributed by atoms with Crippen molar-refractivity contribution in [2.45, 2.75) is 104 Å². The minimum atomic E-state index is -0.0964. The van der Waals surface area contributed by atoms with Gasteiger partial charge in [-0.05, 0) is 90.5 Å². The van der Waals surface area contributed by atoms with Crippen molar-refractivity contribution in [3.8, 4) is 0 Å². The maximum atomic E-state index is 10.3. The average molecular weight is 525 g/mol. The summed E-state index contributed by atoms with van der Waals surface area (Å²) >= 11 is 0. The zero-order chi connectivity index (χ0) is 28.2. The van der Waals surface area contributed by atoms with Gasteiger partial charge in [0.1, 0.15) is 0 Å². The van der Waals surface area contributed by atoms with Crippen molar-refractivity contribution in [3.63, 3.8) is 0 Å². The molecule has 1 aliphatic rings. The molecule has 0 spiro atoms. The first-order valence-corrected chi connectivity index (χ1v) is 14.5. The molecule has 2 aromatic rings. The molecule has 0 saturated heterocycles. The third-order valence-electron chi connectivity index (χ3n) is 8.20. The normalized spacial score (nSPS) is 17.0. The van der Waals surface area contributed by atoms with E-state index in [2.05, 4.69) is 96.8 Å². The minimum absolute atomic E-state index is 0.0396. The summed E-state index contributed by atoms with van der Waals surface area (Å²) < 4.78 is 5.62. The first-order chi connectivity index (χ1) is 17.9. The fourth-order valence-electron chi connectivity index (χ4n) is 6.01. The number of nitrogens with one attached hydrogen (secondary N) is 1. The highest BCUT2D eigenvalue weighted by atomic mass is 16.5. The quantitative estimate of drug-likeness (QED) is 0.260. The number of hydrogen-bond donors (Lipinski definition) is 3. The molecule has 3 N–H and O–H groups in total. The predicted octanol–water partition coefficient (Wildman–Crippen LogP) is 7.05. The summed E-state index contributed by atoms with van der Waals surface area (Å²) in [5.74, 6) is 1.51. The van der Waals surface area contributed by atoms with Crippen LogP contribution in [0.15, 0.2) is 24.3 Å². The lowest BCUT2D eigenvalue weighted by Gasteiger charge is -2.48. The number of benzene rings is 2. The molecule has 0 bridgehead atoms. The number of aliphatic hydroxyl groups excluding tert-OH is 2. The van der Waals surface area contributed by atoms with Gasteiger partial charge in [-0.1, -0.05) is 53.7 Å². The zero-order valence-corrected chi connectivity index (χ0v) is 25.3. The first-order valence-electron chi connectivity index (χ1n) is 14.5. The van der Waals surface area contributed by atoms with E-state index in [1.54, 1.807) is 0 Å². The Kier molecular flexibility index (Phi) is 10.3. The molecule has 0 aliphatic carbocycles. The third-order valence-corrected chi connectivity index (χ3v) is 8.20. The summed E-state index contributed by atoms with van der Waals surface area (Å²) in [5.41, 5.74) is 10.3. The highest BCUT2D eigenvalue weighted by molar-refractivity contribution is 5.69. The van der Waals surface area contributed by atoms with Crippen molar-refractivity contribution in [2.24, 2.45) is 0 Å². The van der Waals surface area contributed by atoms with Gasteiger partial charge < -0.3 is 25.2 Å². The van der Waals surface area contributed by atoms with Crippen LogP contribution in [-0.4, -0.2) is 48.7 Å². The molecule has 1 unspecified atom stereocenters. The summed E-state index contributed by atoms with van der Waals surface area (Å²) in [5, 5.41) is 23.2. The summed E-state index contributed by atoms with van der Waals surface area (Å²) in [6, 6.07) is 9.38. The molecule has 0 amide bonds. The molecule has 3 rings (SSSR count). The van der Waals surface area contributed by atoms with Crippen molar-refractivity contribution < 1.29 is 14.9 Å². The smallest absolute Gasteiger partial charge is 0.0698 e. The van der Waals surface area contributed by atoms with Crippen LogP contribution in [-0.2, 0) is 11.3 Å². The number of fused-ring (bicyclic) bond motifs is 1. The predicted molar refractivity (Wildman–Crippen MR) is 161 cm³/mol. The lowest BCUT2D eigenvalue weighted by molar-refractivity contribution is 0.0935. The summed E-state index contributed by atoms with van der Waals surface area (Å²) in [7, 11) is 0. The number of hydrogen-bond acceptors (Lipinski definition) is 5. The van der Waals surface area contributed by atoms with Crippen molar-refractivity contribution in [1.29, 1.82) is 0 Å². The molecular weight excluding hydrogens is 472 g/mol. The van der Waals surface area contributed by atoms with E-state index in [0.29, 0.717) is 31.0 Å². The Balaban J connectivity index is 1.98. The Morgan fingerprint density at radius 2 is 1.58 bits per heavy atom. The van der Waals surface area contributed by atoms with Crippen LogP contribution in [0.3, 0.4) is 0 Å². The van der Waals surface area contributed by atoms with Gasteiger partial charge >= 0.3 is 0 Å². The third kappa shape index (κ3) is 6.73. The van der Waals surface area contributed by atoms with Gasteiger partial charge in [-0.2, -0.15) is 0 Å². The lowest BCUT2D eigenvalue weighted by Crippen LogP contribution is -2.50. The number of rotatable bonds is 12. The molecule has 1 aliphatic heterocycles. The van der Waals surface area contributed by atoms with Gasteiger partial charge in [0.2, 0.25) is 0 Å². The summed E-state index contributed by atoms with van der Waals surface area (Å²) in [6.07, 6.45) is 0.880. The fourth-order valence-corrected chi connectivity index (χ4v) is 6.01.